The van der Waals surface area contributed by atoms with E-state index < -0.39 is 39.9 Å². The van der Waals surface area contributed by atoms with Gasteiger partial charge in [0.05, 0.1) is 32.6 Å². The summed E-state index contributed by atoms with van der Waals surface area (Å²) in [5.41, 5.74) is 0.810. The summed E-state index contributed by atoms with van der Waals surface area (Å²) in [5, 5.41) is 19.7. The van der Waals surface area contributed by atoms with Gasteiger partial charge in [-0.15, -0.1) is 11.3 Å². The second-order valence-corrected chi connectivity index (χ2v) is 13.4. The summed E-state index contributed by atoms with van der Waals surface area (Å²) < 4.78 is 34.1. The Morgan fingerprint density at radius 3 is 2.44 bits per heavy atom. The molecule has 0 atom stereocenters. The van der Waals surface area contributed by atoms with Crippen molar-refractivity contribution >= 4 is 101 Å². The zero-order chi connectivity index (χ0) is 30.9. The van der Waals surface area contributed by atoms with E-state index >= 15 is 0 Å². The van der Waals surface area contributed by atoms with Crippen LogP contribution in [0.15, 0.2) is 28.8 Å². The molecule has 3 heterocycles. The predicted molar refractivity (Wildman–Crippen MR) is 162 cm³/mol. The van der Waals surface area contributed by atoms with Crippen LogP contribution in [0.3, 0.4) is 0 Å². The normalized spacial score (nSPS) is 17.5. The number of allylic oxidation sites excluding steroid dienone is 1. The van der Waals surface area contributed by atoms with Crippen LogP contribution in [0.1, 0.15) is 19.8 Å². The monoisotopic (exact) mass is 709 g/mol. The molecule has 2 aliphatic rings. The zero-order valence-electron chi connectivity index (χ0n) is 22.6. The number of halogens is 1. The molecule has 2 aliphatic heterocycles. The molecule has 0 saturated carbocycles. The molecule has 0 unspecified atom stereocenters. The Morgan fingerprint density at radius 2 is 1.88 bits per heavy atom. The molecule has 1 aromatic heterocycles. The quantitative estimate of drug-likeness (QED) is 0.0803. The maximum atomic E-state index is 13.3. The molecule has 1 fully saturated rings. The number of aliphatic carboxylic acids is 1. The van der Waals surface area contributed by atoms with Crippen LogP contribution in [-0.2, 0) is 26.3 Å². The van der Waals surface area contributed by atoms with Gasteiger partial charge in [-0.3, -0.25) is 24.2 Å². The number of thiocarbonyl (C=S) groups is 1. The van der Waals surface area contributed by atoms with Crippen LogP contribution in [0.25, 0.3) is 15.8 Å². The molecule has 0 radical (unpaired) electrons. The number of thiazole rings is 1. The first kappa shape index (κ1) is 35.9. The Kier molecular flexibility index (Phi) is 12.2. The summed E-state index contributed by atoms with van der Waals surface area (Å²) in [6.45, 7) is 9.29. The van der Waals surface area contributed by atoms with Crippen LogP contribution in [0.5, 0.6) is 0 Å². The number of carboxylic acids is 1. The Labute approximate surface area is 306 Å². The third-order valence-corrected chi connectivity index (χ3v) is 9.88. The van der Waals surface area contributed by atoms with Gasteiger partial charge < -0.3 is 19.5 Å². The number of hydrogen-bond acceptors (Lipinski definition) is 12. The first-order valence-electron chi connectivity index (χ1n) is 12.1. The molecule has 2 N–H and O–H groups in total. The smallest absolute Gasteiger partial charge is 0.748 e. The van der Waals surface area contributed by atoms with E-state index in [-0.39, 0.29) is 98.5 Å². The molecular formula is C24H21ClKN5O8S4. The van der Waals surface area contributed by atoms with Gasteiger partial charge in [-0.2, -0.15) is 5.06 Å². The summed E-state index contributed by atoms with van der Waals surface area (Å²) in [6, 6.07) is 3.24. The minimum absolute atomic E-state index is 0. The number of thioether (sulfide) groups is 1. The number of aromatic nitrogens is 1. The topological polar surface area (TPSA) is 168 Å². The van der Waals surface area contributed by atoms with Crippen molar-refractivity contribution in [3.63, 3.8) is 0 Å². The fraction of sp³-hybridized carbons (Fsp3) is 0.292. The maximum absolute atomic E-state index is 13.3. The van der Waals surface area contributed by atoms with Crippen molar-refractivity contribution in [2.75, 3.05) is 28.6 Å². The largest absolute Gasteiger partial charge is 1.00 e. The molecule has 4 rings (SSSR count). The molecule has 19 heteroatoms. The SMILES string of the molecule is [C-]#[N+]c1cc2c(cc1Cl)N(CC)C(=CC=c1s/c(=C3/SC(=S)N(O)C3=O)n(CC(=O)O)c1=O)N2CCCCS(=O)(=O)[O-].[K+]. The van der Waals surface area contributed by atoms with Crippen LogP contribution in [0, 0.1) is 6.57 Å². The second kappa shape index (κ2) is 14.7. The number of nitrogens with zero attached hydrogens (tertiary/aromatic N) is 5. The number of carbonyl (C=O) groups excluding carboxylic acids is 1. The van der Waals surface area contributed by atoms with Gasteiger partial charge in [-0.25, -0.2) is 13.3 Å². The fourth-order valence-corrected chi connectivity index (χ4v) is 7.40. The minimum atomic E-state index is -4.39. The fourth-order valence-electron chi connectivity index (χ4n) is 4.37. The Hall–Kier alpha value is -1.60. The molecule has 13 nitrogen and oxygen atoms in total. The molecule has 1 amide bonds. The molecule has 0 bridgehead atoms. The first-order chi connectivity index (χ1) is 19.8. The Morgan fingerprint density at radius 1 is 1.21 bits per heavy atom. The third-order valence-electron chi connectivity index (χ3n) is 6.17. The van der Waals surface area contributed by atoms with Gasteiger partial charge in [0.2, 0.25) is 5.69 Å². The standard InChI is InChI=1S/C24H22ClN5O8S4.K/c1-3-27-15-10-13(25)14(26-2)11-16(15)28(8-4-5-9-42(36,37)38)18(27)7-6-17-21(33)29(12-19(31)32)23(40-17)20-22(34)30(35)24(39)41-20;/h6-7,10-11,35H,3-5,8-9,12H2,1H3,(H,31,32)(H,36,37,38);/q;+1/p-1/b17-6?,18-7?,23-20+;. The summed E-state index contributed by atoms with van der Waals surface area (Å²) in [4.78, 5) is 44.4. The van der Waals surface area contributed by atoms with Crippen molar-refractivity contribution in [3.05, 3.63) is 60.0 Å². The van der Waals surface area contributed by atoms with E-state index in [0.29, 0.717) is 30.2 Å². The number of rotatable bonds is 9. The van der Waals surface area contributed by atoms with Crippen LogP contribution < -0.4 is 75.9 Å². The molecular weight excluding hydrogens is 689 g/mol. The zero-order valence-corrected chi connectivity index (χ0v) is 29.8. The average Bonchev–Trinajstić information content (AvgIpc) is 3.47. The van der Waals surface area contributed by atoms with Crippen molar-refractivity contribution in [1.82, 2.24) is 9.63 Å². The number of hydrogen-bond donors (Lipinski definition) is 2. The van der Waals surface area contributed by atoms with Crippen molar-refractivity contribution in [3.8, 4) is 0 Å². The van der Waals surface area contributed by atoms with Gasteiger partial charge >= 0.3 is 57.4 Å². The Balaban J connectivity index is 0.00000506. The van der Waals surface area contributed by atoms with Crippen molar-refractivity contribution in [2.45, 2.75) is 26.3 Å². The molecule has 0 spiro atoms. The molecule has 2 aromatic rings. The van der Waals surface area contributed by atoms with Crippen molar-refractivity contribution in [2.24, 2.45) is 0 Å². The number of benzene rings is 1. The van der Waals surface area contributed by atoms with E-state index in [4.69, 9.17) is 30.4 Å². The number of carbonyl (C=O) groups is 2. The van der Waals surface area contributed by atoms with Crippen LogP contribution in [0.4, 0.5) is 17.1 Å². The number of carboxylic acid groups (broad SMARTS) is 1. The minimum Gasteiger partial charge on any atom is -0.748 e. The van der Waals surface area contributed by atoms with E-state index in [9.17, 15) is 37.7 Å². The van der Waals surface area contributed by atoms with Crippen molar-refractivity contribution < 1.29 is 84.3 Å². The van der Waals surface area contributed by atoms with Gasteiger partial charge in [0.15, 0.2) is 4.32 Å². The Bertz CT molecular complexity index is 1870. The van der Waals surface area contributed by atoms with Crippen LogP contribution in [-0.4, -0.2) is 68.0 Å². The van der Waals surface area contributed by atoms with E-state index in [1.807, 2.05) is 16.7 Å². The van der Waals surface area contributed by atoms with E-state index in [2.05, 4.69) is 4.85 Å². The second-order valence-electron chi connectivity index (χ2n) is 8.83. The number of fused-ring (bicyclic) bond motifs is 1. The summed E-state index contributed by atoms with van der Waals surface area (Å²) >= 11 is 12.9. The molecule has 222 valence electrons. The summed E-state index contributed by atoms with van der Waals surface area (Å²) in [5.74, 6) is -2.17. The average molecular weight is 710 g/mol. The van der Waals surface area contributed by atoms with Gasteiger partial charge in [-0.05, 0) is 68.0 Å². The van der Waals surface area contributed by atoms with E-state index in [1.165, 1.54) is 6.08 Å². The maximum Gasteiger partial charge on any atom is 1.00 e. The van der Waals surface area contributed by atoms with Crippen LogP contribution in [0.2, 0.25) is 5.02 Å². The van der Waals surface area contributed by atoms with Crippen LogP contribution >= 0.6 is 46.9 Å². The molecule has 1 aromatic carbocycles. The third kappa shape index (κ3) is 7.80. The molecule has 43 heavy (non-hydrogen) atoms. The molecule has 1 saturated heterocycles. The number of hydroxylamine groups is 2. The first-order valence-corrected chi connectivity index (χ1v) is 16.1. The summed E-state index contributed by atoms with van der Waals surface area (Å²) in [6.07, 6.45) is 3.49. The van der Waals surface area contributed by atoms with Gasteiger partial charge in [0, 0.05) is 23.9 Å². The number of unbranched alkanes of at least 4 members (excludes halogenated alkanes) is 1. The number of amides is 1. The molecule has 0 aliphatic carbocycles. The summed E-state index contributed by atoms with van der Waals surface area (Å²) in [7, 11) is -4.39. The van der Waals surface area contributed by atoms with Gasteiger partial charge in [-0.1, -0.05) is 11.6 Å². The van der Waals surface area contributed by atoms with Crippen molar-refractivity contribution in [1.29, 1.82) is 0 Å². The van der Waals surface area contributed by atoms with Gasteiger partial charge in [0.25, 0.3) is 11.5 Å². The van der Waals surface area contributed by atoms with E-state index in [1.54, 1.807) is 18.2 Å². The van der Waals surface area contributed by atoms with Gasteiger partial charge in [0.1, 0.15) is 21.9 Å². The number of anilines is 2. The van der Waals surface area contributed by atoms with E-state index in [0.717, 1.165) is 27.7 Å². The predicted octanol–water partition coefficient (Wildman–Crippen LogP) is -1.15.